The van der Waals surface area contributed by atoms with Gasteiger partial charge in [-0.1, -0.05) is 0 Å². The number of nitrogen functional groups attached to an aromatic ring is 1. The zero-order valence-electron chi connectivity index (χ0n) is 8.94. The summed E-state index contributed by atoms with van der Waals surface area (Å²) in [5, 5.41) is 5.89. The fraction of sp³-hybridized carbons (Fsp3) is 0.500. The average Bonchev–Trinajstić information content (AvgIpc) is 3.10. The molecule has 0 saturated heterocycles. The van der Waals surface area contributed by atoms with E-state index in [1.165, 1.54) is 6.20 Å². The maximum absolute atomic E-state index is 11.3. The van der Waals surface area contributed by atoms with Crippen LogP contribution in [0.4, 0.5) is 11.6 Å². The Morgan fingerprint density at radius 1 is 1.38 bits per heavy atom. The van der Waals surface area contributed by atoms with Crippen LogP contribution in [-0.4, -0.2) is 29.0 Å². The molecule has 0 aromatic carbocycles. The van der Waals surface area contributed by atoms with E-state index in [0.717, 1.165) is 12.8 Å². The van der Waals surface area contributed by atoms with E-state index >= 15 is 0 Å². The van der Waals surface area contributed by atoms with Gasteiger partial charge in [-0.3, -0.25) is 4.79 Å². The molecule has 0 aliphatic heterocycles. The molecule has 0 atom stereocenters. The first-order valence-corrected chi connectivity index (χ1v) is 5.35. The number of hydrogen-bond donors (Lipinski definition) is 3. The molecule has 0 spiro atoms. The van der Waals surface area contributed by atoms with Crippen LogP contribution in [-0.2, 0) is 4.79 Å². The highest BCUT2D eigenvalue weighted by molar-refractivity contribution is 5.80. The van der Waals surface area contributed by atoms with Crippen molar-refractivity contribution in [2.24, 2.45) is 5.92 Å². The number of nitrogens with one attached hydrogen (secondary N) is 2. The van der Waals surface area contributed by atoms with Gasteiger partial charge < -0.3 is 16.4 Å². The molecular formula is C10H15N5O. The largest absolute Gasteiger partial charge is 0.382 e. The SMILES string of the molecule is Nc1cnc(NCCNC(=O)C2CC2)cn1. The van der Waals surface area contributed by atoms with Crippen molar-refractivity contribution in [1.82, 2.24) is 15.3 Å². The van der Waals surface area contributed by atoms with Gasteiger partial charge in [0.25, 0.3) is 0 Å². The van der Waals surface area contributed by atoms with Crippen molar-refractivity contribution < 1.29 is 4.79 Å². The zero-order chi connectivity index (χ0) is 11.4. The normalized spacial score (nSPS) is 14.5. The van der Waals surface area contributed by atoms with Gasteiger partial charge in [0.2, 0.25) is 5.91 Å². The van der Waals surface area contributed by atoms with Crippen molar-refractivity contribution in [2.45, 2.75) is 12.8 Å². The number of nitrogens with two attached hydrogens (primary N) is 1. The molecule has 86 valence electrons. The molecule has 1 aromatic heterocycles. The van der Waals surface area contributed by atoms with E-state index in [2.05, 4.69) is 20.6 Å². The van der Waals surface area contributed by atoms with Gasteiger partial charge in [0.05, 0.1) is 12.4 Å². The number of aromatic nitrogens is 2. The number of hydrogen-bond acceptors (Lipinski definition) is 5. The van der Waals surface area contributed by atoms with Crippen LogP contribution in [0.25, 0.3) is 0 Å². The minimum Gasteiger partial charge on any atom is -0.382 e. The van der Waals surface area contributed by atoms with E-state index in [0.29, 0.717) is 24.7 Å². The quantitative estimate of drug-likeness (QED) is 0.608. The van der Waals surface area contributed by atoms with Gasteiger partial charge in [-0.25, -0.2) is 9.97 Å². The molecule has 0 radical (unpaired) electrons. The fourth-order valence-electron chi connectivity index (χ4n) is 1.30. The molecule has 1 aliphatic rings. The summed E-state index contributed by atoms with van der Waals surface area (Å²) in [7, 11) is 0. The third kappa shape index (κ3) is 3.08. The minimum atomic E-state index is 0.158. The van der Waals surface area contributed by atoms with E-state index in [1.807, 2.05) is 0 Å². The molecule has 1 fully saturated rings. The van der Waals surface area contributed by atoms with Crippen molar-refractivity contribution in [3.8, 4) is 0 Å². The zero-order valence-corrected chi connectivity index (χ0v) is 8.94. The number of amides is 1. The first-order chi connectivity index (χ1) is 7.75. The van der Waals surface area contributed by atoms with Gasteiger partial charge in [0.1, 0.15) is 11.6 Å². The third-order valence-electron chi connectivity index (χ3n) is 2.35. The molecule has 1 aromatic rings. The third-order valence-corrected chi connectivity index (χ3v) is 2.35. The lowest BCUT2D eigenvalue weighted by molar-refractivity contribution is -0.122. The molecule has 1 heterocycles. The summed E-state index contributed by atoms with van der Waals surface area (Å²) in [4.78, 5) is 19.2. The molecule has 4 N–H and O–H groups in total. The lowest BCUT2D eigenvalue weighted by atomic mass is 10.4. The van der Waals surface area contributed by atoms with E-state index in [9.17, 15) is 4.79 Å². The Hall–Kier alpha value is -1.85. The number of carbonyl (C=O) groups excluding carboxylic acids is 1. The van der Waals surface area contributed by atoms with Crippen LogP contribution in [0.1, 0.15) is 12.8 Å². The fourth-order valence-corrected chi connectivity index (χ4v) is 1.30. The molecule has 1 saturated carbocycles. The first kappa shape index (κ1) is 10.7. The Balaban J connectivity index is 1.63. The first-order valence-electron chi connectivity index (χ1n) is 5.35. The monoisotopic (exact) mass is 221 g/mol. The standard InChI is InChI=1S/C10H15N5O/c11-8-5-15-9(6-14-8)12-3-4-13-10(16)7-1-2-7/h5-7H,1-4H2,(H2,11,14)(H,12,15)(H,13,16). The highest BCUT2D eigenvalue weighted by Gasteiger charge is 2.28. The van der Waals surface area contributed by atoms with Crippen molar-refractivity contribution in [1.29, 1.82) is 0 Å². The minimum absolute atomic E-state index is 0.158. The topological polar surface area (TPSA) is 92.9 Å². The summed E-state index contributed by atoms with van der Waals surface area (Å²) in [6, 6.07) is 0. The summed E-state index contributed by atoms with van der Waals surface area (Å²) in [6.07, 6.45) is 5.12. The van der Waals surface area contributed by atoms with Gasteiger partial charge in [0.15, 0.2) is 0 Å². The van der Waals surface area contributed by atoms with Crippen LogP contribution in [0.5, 0.6) is 0 Å². The summed E-state index contributed by atoms with van der Waals surface area (Å²) < 4.78 is 0. The van der Waals surface area contributed by atoms with E-state index in [-0.39, 0.29) is 11.8 Å². The van der Waals surface area contributed by atoms with Crippen LogP contribution in [0, 0.1) is 5.92 Å². The lowest BCUT2D eigenvalue weighted by Gasteiger charge is -2.06. The van der Waals surface area contributed by atoms with Gasteiger partial charge in [-0.15, -0.1) is 0 Å². The Labute approximate surface area is 93.7 Å². The number of anilines is 2. The molecule has 1 aliphatic carbocycles. The molecule has 1 amide bonds. The Morgan fingerprint density at radius 2 is 2.19 bits per heavy atom. The van der Waals surface area contributed by atoms with Crippen LogP contribution < -0.4 is 16.4 Å². The highest BCUT2D eigenvalue weighted by Crippen LogP contribution is 2.28. The summed E-state index contributed by atoms with van der Waals surface area (Å²) in [5.41, 5.74) is 5.40. The van der Waals surface area contributed by atoms with Crippen molar-refractivity contribution in [2.75, 3.05) is 24.1 Å². The predicted molar refractivity (Wildman–Crippen MR) is 60.7 cm³/mol. The van der Waals surface area contributed by atoms with Crippen LogP contribution in [0.2, 0.25) is 0 Å². The van der Waals surface area contributed by atoms with E-state index in [1.54, 1.807) is 6.20 Å². The Morgan fingerprint density at radius 3 is 2.81 bits per heavy atom. The predicted octanol–water partition coefficient (Wildman–Crippen LogP) is -0.00310. The molecule has 2 rings (SSSR count). The van der Waals surface area contributed by atoms with Crippen molar-refractivity contribution in [3.05, 3.63) is 12.4 Å². The summed E-state index contributed by atoms with van der Waals surface area (Å²) in [5.74, 6) is 1.48. The number of rotatable bonds is 5. The average molecular weight is 221 g/mol. The Bertz CT molecular complexity index is 360. The van der Waals surface area contributed by atoms with Crippen molar-refractivity contribution >= 4 is 17.5 Å². The smallest absolute Gasteiger partial charge is 0.223 e. The lowest BCUT2D eigenvalue weighted by Crippen LogP contribution is -2.29. The van der Waals surface area contributed by atoms with Crippen molar-refractivity contribution in [3.63, 3.8) is 0 Å². The molecule has 0 unspecified atom stereocenters. The van der Waals surface area contributed by atoms with Gasteiger partial charge in [0, 0.05) is 19.0 Å². The molecule has 0 bridgehead atoms. The van der Waals surface area contributed by atoms with E-state index in [4.69, 9.17) is 5.73 Å². The molecular weight excluding hydrogens is 206 g/mol. The number of carbonyl (C=O) groups is 1. The summed E-state index contributed by atoms with van der Waals surface area (Å²) >= 11 is 0. The van der Waals surface area contributed by atoms with Crippen LogP contribution in [0.15, 0.2) is 12.4 Å². The second-order valence-corrected chi connectivity index (χ2v) is 3.82. The highest BCUT2D eigenvalue weighted by atomic mass is 16.2. The van der Waals surface area contributed by atoms with Gasteiger partial charge >= 0.3 is 0 Å². The maximum Gasteiger partial charge on any atom is 0.223 e. The van der Waals surface area contributed by atoms with E-state index < -0.39 is 0 Å². The molecule has 16 heavy (non-hydrogen) atoms. The van der Waals surface area contributed by atoms with Crippen LogP contribution >= 0.6 is 0 Å². The Kier molecular flexibility index (Phi) is 3.19. The van der Waals surface area contributed by atoms with Gasteiger partial charge in [-0.05, 0) is 12.8 Å². The number of nitrogens with zero attached hydrogens (tertiary/aromatic N) is 2. The maximum atomic E-state index is 11.3. The molecule has 6 nitrogen and oxygen atoms in total. The summed E-state index contributed by atoms with van der Waals surface area (Å²) in [6.45, 7) is 1.23. The van der Waals surface area contributed by atoms with Crippen LogP contribution in [0.3, 0.4) is 0 Å². The second kappa shape index (κ2) is 4.78. The van der Waals surface area contributed by atoms with Gasteiger partial charge in [-0.2, -0.15) is 0 Å². The second-order valence-electron chi connectivity index (χ2n) is 3.82. The molecule has 6 heteroatoms.